The summed E-state index contributed by atoms with van der Waals surface area (Å²) in [6.45, 7) is 4.86. The number of halogens is 3. The molecule has 0 saturated carbocycles. The van der Waals surface area contributed by atoms with Gasteiger partial charge >= 0.3 is 12.1 Å². The monoisotopic (exact) mass is 252 g/mol. The summed E-state index contributed by atoms with van der Waals surface area (Å²) in [5.74, 6) is -3.09. The van der Waals surface area contributed by atoms with Gasteiger partial charge in [0.05, 0.1) is 6.42 Å². The first-order valence-corrected chi connectivity index (χ1v) is 5.31. The minimum Gasteiger partial charge on any atom is -0.461 e. The van der Waals surface area contributed by atoms with E-state index in [1.807, 2.05) is 0 Å². The van der Waals surface area contributed by atoms with Gasteiger partial charge in [-0.2, -0.15) is 13.2 Å². The fraction of sp³-hybridized carbons (Fsp3) is 0.818. The van der Waals surface area contributed by atoms with Crippen molar-refractivity contribution >= 4 is 11.8 Å². The van der Waals surface area contributed by atoms with Gasteiger partial charge in [0, 0.05) is 11.8 Å². The highest BCUT2D eigenvalue weighted by molar-refractivity contribution is 5.85. The standard InChI is InChI=1S/C11H15F3O3/c1-10(2,3)8(15)5-7-6(11(12,13)14)4-9(16)17-7/h6-7H,4-5H2,1-3H3/t6-,7-/m1/s1. The Hall–Kier alpha value is -1.07. The number of Topliss-reactive ketones (excluding diaryl/α,β-unsaturated/α-hetero) is 1. The van der Waals surface area contributed by atoms with Crippen molar-refractivity contribution in [2.24, 2.45) is 11.3 Å². The third-order valence-corrected chi connectivity index (χ3v) is 2.76. The molecule has 0 N–H and O–H groups in total. The largest absolute Gasteiger partial charge is 0.461 e. The van der Waals surface area contributed by atoms with Crippen molar-refractivity contribution in [2.75, 3.05) is 0 Å². The maximum Gasteiger partial charge on any atom is 0.395 e. The number of alkyl halides is 3. The van der Waals surface area contributed by atoms with Gasteiger partial charge in [-0.05, 0) is 0 Å². The van der Waals surface area contributed by atoms with Crippen LogP contribution in [0.25, 0.3) is 0 Å². The molecule has 0 unspecified atom stereocenters. The Bertz CT molecular complexity index is 328. The first-order chi connectivity index (χ1) is 7.51. The molecule has 17 heavy (non-hydrogen) atoms. The van der Waals surface area contributed by atoms with Gasteiger partial charge in [0.15, 0.2) is 0 Å². The minimum absolute atomic E-state index is 0.341. The Labute approximate surface area is 97.3 Å². The molecule has 1 fully saturated rings. The zero-order valence-electron chi connectivity index (χ0n) is 9.93. The van der Waals surface area contributed by atoms with Crippen LogP contribution in [-0.4, -0.2) is 24.0 Å². The lowest BCUT2D eigenvalue weighted by atomic mass is 9.85. The van der Waals surface area contributed by atoms with Crippen molar-refractivity contribution in [3.05, 3.63) is 0 Å². The zero-order chi connectivity index (χ0) is 13.4. The molecule has 3 nitrogen and oxygen atoms in total. The summed E-state index contributed by atoms with van der Waals surface area (Å²) in [6.07, 6.45) is -6.94. The number of hydrogen-bond donors (Lipinski definition) is 0. The smallest absolute Gasteiger partial charge is 0.395 e. The molecule has 0 aromatic rings. The maximum atomic E-state index is 12.6. The number of esters is 1. The summed E-state index contributed by atoms with van der Waals surface area (Å²) < 4.78 is 42.3. The quantitative estimate of drug-likeness (QED) is 0.709. The van der Waals surface area contributed by atoms with Crippen molar-refractivity contribution in [3.63, 3.8) is 0 Å². The van der Waals surface area contributed by atoms with Crippen molar-refractivity contribution < 1.29 is 27.5 Å². The Morgan fingerprint density at radius 1 is 1.35 bits per heavy atom. The molecule has 2 atom stereocenters. The summed E-state index contributed by atoms with van der Waals surface area (Å²) in [5, 5.41) is 0. The van der Waals surface area contributed by atoms with E-state index in [-0.39, 0.29) is 12.2 Å². The molecule has 1 heterocycles. The van der Waals surface area contributed by atoms with Crippen LogP contribution >= 0.6 is 0 Å². The highest BCUT2D eigenvalue weighted by atomic mass is 19.4. The summed E-state index contributed by atoms with van der Waals surface area (Å²) in [7, 11) is 0. The molecule has 1 aliphatic heterocycles. The molecule has 0 bridgehead atoms. The molecule has 1 saturated heterocycles. The molecule has 0 aromatic carbocycles. The highest BCUT2D eigenvalue weighted by Crippen LogP contribution is 2.39. The van der Waals surface area contributed by atoms with Gasteiger partial charge in [-0.25, -0.2) is 0 Å². The van der Waals surface area contributed by atoms with E-state index in [2.05, 4.69) is 4.74 Å². The van der Waals surface area contributed by atoms with E-state index < -0.39 is 36.0 Å². The van der Waals surface area contributed by atoms with Crippen LogP contribution in [0.15, 0.2) is 0 Å². The predicted molar refractivity (Wildman–Crippen MR) is 53.1 cm³/mol. The molecule has 0 radical (unpaired) electrons. The number of ether oxygens (including phenoxy) is 1. The Morgan fingerprint density at radius 3 is 2.29 bits per heavy atom. The first-order valence-electron chi connectivity index (χ1n) is 5.31. The van der Waals surface area contributed by atoms with Crippen LogP contribution < -0.4 is 0 Å². The van der Waals surface area contributed by atoms with Crippen LogP contribution in [-0.2, 0) is 14.3 Å². The molecule has 0 amide bonds. The topological polar surface area (TPSA) is 43.4 Å². The van der Waals surface area contributed by atoms with Crippen LogP contribution in [0.2, 0.25) is 0 Å². The fourth-order valence-electron chi connectivity index (χ4n) is 1.61. The number of hydrogen-bond acceptors (Lipinski definition) is 3. The molecule has 98 valence electrons. The van der Waals surface area contributed by atoms with Crippen LogP contribution in [0.1, 0.15) is 33.6 Å². The maximum absolute atomic E-state index is 12.6. The van der Waals surface area contributed by atoms with Gasteiger partial charge in [-0.3, -0.25) is 9.59 Å². The van der Waals surface area contributed by atoms with Crippen LogP contribution in [0.3, 0.4) is 0 Å². The molecule has 6 heteroatoms. The van der Waals surface area contributed by atoms with Gasteiger partial charge in [-0.15, -0.1) is 0 Å². The summed E-state index contributed by atoms with van der Waals surface area (Å²) in [6, 6.07) is 0. The number of cyclic esters (lactones) is 1. The molecule has 1 aliphatic rings. The van der Waals surface area contributed by atoms with E-state index in [9.17, 15) is 22.8 Å². The molecular formula is C11H15F3O3. The summed E-state index contributed by atoms with van der Waals surface area (Å²) in [5.41, 5.74) is -0.731. The van der Waals surface area contributed by atoms with E-state index in [4.69, 9.17) is 0 Å². The van der Waals surface area contributed by atoms with Crippen LogP contribution in [0.5, 0.6) is 0 Å². The predicted octanol–water partition coefficient (Wildman–Crippen LogP) is 2.49. The van der Waals surface area contributed by atoms with E-state index in [0.717, 1.165) is 0 Å². The van der Waals surface area contributed by atoms with E-state index in [1.165, 1.54) is 0 Å². The van der Waals surface area contributed by atoms with Crippen LogP contribution in [0.4, 0.5) is 13.2 Å². The molecule has 1 rings (SSSR count). The Kier molecular flexibility index (Phi) is 3.55. The van der Waals surface area contributed by atoms with E-state index in [0.29, 0.717) is 0 Å². The van der Waals surface area contributed by atoms with Crippen molar-refractivity contribution in [3.8, 4) is 0 Å². The number of rotatable bonds is 2. The second-order valence-electron chi connectivity index (χ2n) is 5.26. The number of carbonyl (C=O) groups excluding carboxylic acids is 2. The van der Waals surface area contributed by atoms with Crippen molar-refractivity contribution in [1.29, 1.82) is 0 Å². The fourth-order valence-corrected chi connectivity index (χ4v) is 1.61. The highest BCUT2D eigenvalue weighted by Gasteiger charge is 2.52. The molecular weight excluding hydrogens is 237 g/mol. The van der Waals surface area contributed by atoms with Crippen LogP contribution in [0, 0.1) is 11.3 Å². The number of carbonyl (C=O) groups is 2. The second kappa shape index (κ2) is 4.31. The summed E-state index contributed by atoms with van der Waals surface area (Å²) >= 11 is 0. The van der Waals surface area contributed by atoms with Crippen molar-refractivity contribution in [1.82, 2.24) is 0 Å². The lowest BCUT2D eigenvalue weighted by Gasteiger charge is -2.23. The van der Waals surface area contributed by atoms with E-state index >= 15 is 0 Å². The van der Waals surface area contributed by atoms with Gasteiger partial charge in [0.25, 0.3) is 0 Å². The van der Waals surface area contributed by atoms with Gasteiger partial charge in [-0.1, -0.05) is 20.8 Å². The Morgan fingerprint density at radius 2 is 1.88 bits per heavy atom. The van der Waals surface area contributed by atoms with Crippen molar-refractivity contribution in [2.45, 2.75) is 45.9 Å². The Balaban J connectivity index is 2.76. The third-order valence-electron chi connectivity index (χ3n) is 2.76. The lowest BCUT2D eigenvalue weighted by molar-refractivity contribution is -0.187. The normalized spacial score (nSPS) is 25.9. The number of ketones is 1. The first kappa shape index (κ1) is 14.0. The third kappa shape index (κ3) is 3.44. The minimum atomic E-state index is -4.50. The van der Waals surface area contributed by atoms with Gasteiger partial charge < -0.3 is 4.74 Å². The van der Waals surface area contributed by atoms with Gasteiger partial charge in [0.2, 0.25) is 0 Å². The van der Waals surface area contributed by atoms with E-state index in [1.54, 1.807) is 20.8 Å². The molecule has 0 spiro atoms. The molecule has 0 aliphatic carbocycles. The lowest BCUT2D eigenvalue weighted by Crippen LogP contribution is -2.34. The average molecular weight is 252 g/mol. The second-order valence-corrected chi connectivity index (χ2v) is 5.26. The molecule has 0 aromatic heterocycles. The summed E-state index contributed by atoms with van der Waals surface area (Å²) in [4.78, 5) is 22.5. The SMILES string of the molecule is CC(C)(C)C(=O)C[C@H]1OC(=O)C[C@H]1C(F)(F)F. The van der Waals surface area contributed by atoms with Gasteiger partial charge in [0.1, 0.15) is 17.8 Å². The zero-order valence-corrected chi connectivity index (χ0v) is 9.93. The average Bonchev–Trinajstić information content (AvgIpc) is 2.44.